The number of aryl methyl sites for hydroxylation is 1. The Morgan fingerprint density at radius 2 is 1.86 bits per heavy atom. The van der Waals surface area contributed by atoms with E-state index in [1.54, 1.807) is 24.3 Å². The lowest BCUT2D eigenvalue weighted by atomic mass is 10.2. The molecule has 0 radical (unpaired) electrons. The SMILES string of the molecule is C=C(C)C(=O)Nc1sc(-c2ccc(C)cc2)nc1C(F)(F)F. The van der Waals surface area contributed by atoms with Crippen molar-refractivity contribution in [1.82, 2.24) is 4.98 Å². The lowest BCUT2D eigenvalue weighted by Gasteiger charge is -2.06. The Morgan fingerprint density at radius 1 is 1.27 bits per heavy atom. The molecule has 3 nitrogen and oxygen atoms in total. The molecule has 2 rings (SSSR count). The van der Waals surface area contributed by atoms with Gasteiger partial charge >= 0.3 is 6.18 Å². The molecule has 7 heteroatoms. The molecule has 0 aliphatic carbocycles. The Morgan fingerprint density at radius 3 is 2.36 bits per heavy atom. The van der Waals surface area contributed by atoms with Gasteiger partial charge in [-0.1, -0.05) is 47.7 Å². The molecule has 0 aliphatic heterocycles. The summed E-state index contributed by atoms with van der Waals surface area (Å²) in [6.45, 7) is 6.71. The van der Waals surface area contributed by atoms with Crippen LogP contribution >= 0.6 is 11.3 Å². The third kappa shape index (κ3) is 3.54. The second-order valence-corrected chi connectivity index (χ2v) is 5.79. The standard InChI is InChI=1S/C15H13F3N2OS/c1-8(2)12(21)20-14-11(15(16,17)18)19-13(22-14)10-6-4-9(3)5-7-10/h4-7H,1H2,2-3H3,(H,20,21). The van der Waals surface area contributed by atoms with E-state index < -0.39 is 17.8 Å². The molecule has 116 valence electrons. The number of hydrogen-bond donors (Lipinski definition) is 1. The van der Waals surface area contributed by atoms with E-state index in [4.69, 9.17) is 0 Å². The highest BCUT2D eigenvalue weighted by atomic mass is 32.1. The van der Waals surface area contributed by atoms with Crippen molar-refractivity contribution < 1.29 is 18.0 Å². The number of alkyl halides is 3. The quantitative estimate of drug-likeness (QED) is 0.834. The number of halogens is 3. The Hall–Kier alpha value is -2.15. The molecule has 0 spiro atoms. The summed E-state index contributed by atoms with van der Waals surface area (Å²) >= 11 is 0.787. The second-order valence-electron chi connectivity index (χ2n) is 4.79. The molecule has 0 unspecified atom stereocenters. The smallest absolute Gasteiger partial charge is 0.312 e. The minimum Gasteiger partial charge on any atom is -0.312 e. The lowest BCUT2D eigenvalue weighted by molar-refractivity contribution is -0.140. The predicted molar refractivity (Wildman–Crippen MR) is 80.7 cm³/mol. The van der Waals surface area contributed by atoms with Crippen LogP contribution in [-0.4, -0.2) is 10.9 Å². The Balaban J connectivity index is 2.46. The number of amides is 1. The fraction of sp³-hybridized carbons (Fsp3) is 0.200. The van der Waals surface area contributed by atoms with Gasteiger partial charge in [-0.15, -0.1) is 0 Å². The van der Waals surface area contributed by atoms with Crippen LogP contribution in [0, 0.1) is 6.92 Å². The summed E-state index contributed by atoms with van der Waals surface area (Å²) in [6.07, 6.45) is -4.64. The van der Waals surface area contributed by atoms with Gasteiger partial charge in [-0.3, -0.25) is 4.79 Å². The molecule has 1 aromatic carbocycles. The Kier molecular flexibility index (Phi) is 4.37. The summed E-state index contributed by atoms with van der Waals surface area (Å²) in [5.41, 5.74) is 0.588. The van der Waals surface area contributed by atoms with Crippen LogP contribution in [0.1, 0.15) is 18.2 Å². The van der Waals surface area contributed by atoms with Gasteiger partial charge < -0.3 is 5.32 Å². The summed E-state index contributed by atoms with van der Waals surface area (Å²) in [6, 6.07) is 6.96. The molecule has 1 amide bonds. The molecule has 0 atom stereocenters. The lowest BCUT2D eigenvalue weighted by Crippen LogP contribution is -2.15. The number of thiazole rings is 1. The van der Waals surface area contributed by atoms with E-state index in [1.165, 1.54) is 6.92 Å². The summed E-state index contributed by atoms with van der Waals surface area (Å²) in [5, 5.41) is 2.09. The number of aromatic nitrogens is 1. The topological polar surface area (TPSA) is 42.0 Å². The summed E-state index contributed by atoms with van der Waals surface area (Å²) < 4.78 is 39.2. The zero-order valence-corrected chi connectivity index (χ0v) is 12.7. The van der Waals surface area contributed by atoms with Gasteiger partial charge in [0.1, 0.15) is 10.0 Å². The predicted octanol–water partition coefficient (Wildman–Crippen LogP) is 4.65. The number of anilines is 1. The Bertz CT molecular complexity index is 717. The average Bonchev–Trinajstić information content (AvgIpc) is 2.83. The summed E-state index contributed by atoms with van der Waals surface area (Å²) in [7, 11) is 0. The zero-order chi connectivity index (χ0) is 16.5. The fourth-order valence-corrected chi connectivity index (χ4v) is 2.61. The van der Waals surface area contributed by atoms with Crippen molar-refractivity contribution in [2.45, 2.75) is 20.0 Å². The highest BCUT2D eigenvalue weighted by Crippen LogP contribution is 2.41. The van der Waals surface area contributed by atoms with E-state index in [2.05, 4.69) is 16.9 Å². The first-order valence-corrected chi connectivity index (χ1v) is 7.12. The molecule has 0 bridgehead atoms. The first kappa shape index (κ1) is 16.2. The van der Waals surface area contributed by atoms with Gasteiger partial charge in [0, 0.05) is 11.1 Å². The van der Waals surface area contributed by atoms with E-state index >= 15 is 0 Å². The van der Waals surface area contributed by atoms with Crippen LogP contribution in [0.4, 0.5) is 18.2 Å². The van der Waals surface area contributed by atoms with Gasteiger partial charge in [0.25, 0.3) is 5.91 Å². The molecular formula is C15H13F3N2OS. The van der Waals surface area contributed by atoms with Gasteiger partial charge in [-0.2, -0.15) is 13.2 Å². The molecule has 1 heterocycles. The monoisotopic (exact) mass is 326 g/mol. The van der Waals surface area contributed by atoms with Crippen LogP contribution in [-0.2, 0) is 11.0 Å². The molecule has 2 aromatic rings. The molecule has 1 N–H and O–H groups in total. The van der Waals surface area contributed by atoms with Gasteiger partial charge in [0.05, 0.1) is 0 Å². The van der Waals surface area contributed by atoms with Gasteiger partial charge in [-0.25, -0.2) is 4.98 Å². The van der Waals surface area contributed by atoms with Crippen LogP contribution in [0.25, 0.3) is 10.6 Å². The minimum atomic E-state index is -4.64. The molecule has 0 fully saturated rings. The first-order valence-electron chi connectivity index (χ1n) is 6.30. The van der Waals surface area contributed by atoms with E-state index in [-0.39, 0.29) is 15.6 Å². The average molecular weight is 326 g/mol. The van der Waals surface area contributed by atoms with Crippen molar-refractivity contribution in [3.05, 3.63) is 47.7 Å². The molecule has 1 aromatic heterocycles. The maximum atomic E-state index is 13.1. The summed E-state index contributed by atoms with van der Waals surface area (Å²) in [4.78, 5) is 15.2. The van der Waals surface area contributed by atoms with Crippen molar-refractivity contribution >= 4 is 22.2 Å². The van der Waals surface area contributed by atoms with Crippen LogP contribution < -0.4 is 5.32 Å². The highest BCUT2D eigenvalue weighted by molar-refractivity contribution is 7.19. The highest BCUT2D eigenvalue weighted by Gasteiger charge is 2.38. The van der Waals surface area contributed by atoms with Crippen LogP contribution in [0.15, 0.2) is 36.4 Å². The molecular weight excluding hydrogens is 313 g/mol. The van der Waals surface area contributed by atoms with Crippen LogP contribution in [0.5, 0.6) is 0 Å². The normalized spacial score (nSPS) is 11.3. The van der Waals surface area contributed by atoms with Crippen molar-refractivity contribution in [2.24, 2.45) is 0 Å². The van der Waals surface area contributed by atoms with Crippen molar-refractivity contribution in [3.63, 3.8) is 0 Å². The Labute approximate surface area is 129 Å². The number of nitrogens with zero attached hydrogens (tertiary/aromatic N) is 1. The molecule has 0 saturated heterocycles. The van der Waals surface area contributed by atoms with Gasteiger partial charge in [-0.05, 0) is 13.8 Å². The van der Waals surface area contributed by atoms with E-state index in [0.717, 1.165) is 16.9 Å². The maximum absolute atomic E-state index is 13.1. The number of nitrogens with one attached hydrogen (secondary N) is 1. The fourth-order valence-electron chi connectivity index (χ4n) is 1.63. The maximum Gasteiger partial charge on any atom is 0.436 e. The van der Waals surface area contributed by atoms with Gasteiger partial charge in [0.2, 0.25) is 0 Å². The molecule has 22 heavy (non-hydrogen) atoms. The van der Waals surface area contributed by atoms with Crippen molar-refractivity contribution in [1.29, 1.82) is 0 Å². The second kappa shape index (κ2) is 5.92. The van der Waals surface area contributed by atoms with Crippen molar-refractivity contribution in [2.75, 3.05) is 5.32 Å². The third-order valence-corrected chi connectivity index (χ3v) is 3.83. The van der Waals surface area contributed by atoms with Crippen LogP contribution in [0.2, 0.25) is 0 Å². The largest absolute Gasteiger partial charge is 0.436 e. The summed E-state index contributed by atoms with van der Waals surface area (Å²) in [5.74, 6) is -0.662. The molecule has 0 saturated carbocycles. The van der Waals surface area contributed by atoms with E-state index in [9.17, 15) is 18.0 Å². The van der Waals surface area contributed by atoms with Crippen LogP contribution in [0.3, 0.4) is 0 Å². The number of carbonyl (C=O) groups excluding carboxylic acids is 1. The number of hydrogen-bond acceptors (Lipinski definition) is 3. The first-order chi connectivity index (χ1) is 10.2. The van der Waals surface area contributed by atoms with Gasteiger partial charge in [0.15, 0.2) is 5.69 Å². The minimum absolute atomic E-state index is 0.124. The number of rotatable bonds is 3. The van der Waals surface area contributed by atoms with E-state index in [0.29, 0.717) is 5.56 Å². The number of benzene rings is 1. The van der Waals surface area contributed by atoms with E-state index in [1.807, 2.05) is 6.92 Å². The molecule has 0 aliphatic rings. The third-order valence-electron chi connectivity index (χ3n) is 2.81. The zero-order valence-electron chi connectivity index (χ0n) is 11.9. The number of carbonyl (C=O) groups is 1. The van der Waals surface area contributed by atoms with Crippen molar-refractivity contribution in [3.8, 4) is 10.6 Å².